The summed E-state index contributed by atoms with van der Waals surface area (Å²) >= 11 is 7.95. The first kappa shape index (κ1) is 21.6. The molecule has 0 saturated carbocycles. The van der Waals surface area contributed by atoms with Crippen LogP contribution in [0.5, 0.6) is 0 Å². The van der Waals surface area contributed by atoms with Gasteiger partial charge in [0.05, 0.1) is 4.75 Å². The zero-order valence-electron chi connectivity index (χ0n) is 18.1. The zero-order valence-corrected chi connectivity index (χ0v) is 19.6. The van der Waals surface area contributed by atoms with Gasteiger partial charge in [-0.1, -0.05) is 127 Å². The van der Waals surface area contributed by atoms with Crippen LogP contribution in [-0.4, -0.2) is 0 Å². The van der Waals surface area contributed by atoms with Crippen molar-refractivity contribution in [2.75, 3.05) is 0 Å². The number of hydrogen-bond acceptors (Lipinski definition) is 1. The van der Waals surface area contributed by atoms with Crippen LogP contribution in [0.25, 0.3) is 11.1 Å². The van der Waals surface area contributed by atoms with Gasteiger partial charge in [-0.2, -0.15) is 0 Å². The molecule has 0 bridgehead atoms. The molecule has 33 heavy (non-hydrogen) atoms. The Bertz CT molecular complexity index is 1200. The average Bonchev–Trinajstić information content (AvgIpc) is 2.90. The molecule has 0 N–H and O–H groups in total. The van der Waals surface area contributed by atoms with Crippen LogP contribution in [0.3, 0.4) is 0 Å². The van der Waals surface area contributed by atoms with Crippen molar-refractivity contribution in [3.05, 3.63) is 161 Å². The van der Waals surface area contributed by atoms with Gasteiger partial charge in [0.2, 0.25) is 0 Å². The first-order valence-corrected chi connectivity index (χ1v) is 12.2. The van der Waals surface area contributed by atoms with Crippen LogP contribution >= 0.6 is 23.4 Å². The summed E-state index contributed by atoms with van der Waals surface area (Å²) in [5.41, 5.74) is 6.12. The van der Waals surface area contributed by atoms with Crippen LogP contribution in [0.1, 0.15) is 16.7 Å². The first-order valence-electron chi connectivity index (χ1n) is 11.0. The summed E-state index contributed by atoms with van der Waals surface area (Å²) < 4.78 is -0.369. The van der Waals surface area contributed by atoms with Gasteiger partial charge in [-0.3, -0.25) is 0 Å². The van der Waals surface area contributed by atoms with E-state index in [1.54, 1.807) is 0 Å². The van der Waals surface area contributed by atoms with Crippen LogP contribution in [0, 0.1) is 0 Å². The second kappa shape index (κ2) is 9.70. The van der Waals surface area contributed by atoms with Gasteiger partial charge in [-0.25, -0.2) is 0 Å². The first-order chi connectivity index (χ1) is 16.3. The highest BCUT2D eigenvalue weighted by atomic mass is 35.5. The lowest BCUT2D eigenvalue weighted by Crippen LogP contribution is -2.25. The molecule has 0 unspecified atom stereocenters. The lowest BCUT2D eigenvalue weighted by Gasteiger charge is -2.35. The Balaban J connectivity index is 1.63. The minimum atomic E-state index is -0.369. The predicted octanol–water partition coefficient (Wildman–Crippen LogP) is 9.09. The summed E-state index contributed by atoms with van der Waals surface area (Å²) in [6, 6.07) is 49.2. The largest absolute Gasteiger partial charge is 0.105 e. The maximum Gasteiger partial charge on any atom is 0.0954 e. The molecule has 0 spiro atoms. The number of thioether (sulfide) groups is 1. The molecule has 0 aliphatic carbocycles. The van der Waals surface area contributed by atoms with Crippen LogP contribution in [-0.2, 0) is 4.75 Å². The van der Waals surface area contributed by atoms with E-state index in [0.717, 1.165) is 10.6 Å². The molecule has 0 aliphatic heterocycles. The highest BCUT2D eigenvalue weighted by Gasteiger charge is 2.37. The van der Waals surface area contributed by atoms with Crippen molar-refractivity contribution >= 4 is 23.4 Å². The fourth-order valence-corrected chi connectivity index (χ4v) is 5.74. The molecule has 2 heteroatoms. The summed E-state index contributed by atoms with van der Waals surface area (Å²) in [4.78, 5) is 1.21. The molecule has 0 fully saturated rings. The lowest BCUT2D eigenvalue weighted by molar-refractivity contribution is 0.894. The molecule has 0 atom stereocenters. The Kier molecular flexibility index (Phi) is 6.35. The summed E-state index contributed by atoms with van der Waals surface area (Å²) in [5.74, 6) is 0. The number of benzene rings is 5. The van der Waals surface area contributed by atoms with Gasteiger partial charge in [-0.15, -0.1) is 11.8 Å². The number of rotatable bonds is 6. The van der Waals surface area contributed by atoms with E-state index in [-0.39, 0.29) is 4.75 Å². The van der Waals surface area contributed by atoms with E-state index in [1.807, 2.05) is 23.9 Å². The summed E-state index contributed by atoms with van der Waals surface area (Å²) in [5, 5.41) is 0.754. The topological polar surface area (TPSA) is 0 Å². The molecule has 0 saturated heterocycles. The van der Waals surface area contributed by atoms with E-state index in [2.05, 4.69) is 127 Å². The van der Waals surface area contributed by atoms with Crippen LogP contribution in [0.15, 0.2) is 144 Å². The van der Waals surface area contributed by atoms with Gasteiger partial charge >= 0.3 is 0 Å². The Morgan fingerprint density at radius 1 is 0.424 bits per heavy atom. The summed E-state index contributed by atoms with van der Waals surface area (Å²) in [6.07, 6.45) is 0. The lowest BCUT2D eigenvalue weighted by atomic mass is 9.84. The van der Waals surface area contributed by atoms with Gasteiger partial charge in [0, 0.05) is 9.92 Å². The van der Waals surface area contributed by atoms with E-state index in [0.29, 0.717) is 0 Å². The Labute approximate surface area is 204 Å². The van der Waals surface area contributed by atoms with Crippen molar-refractivity contribution in [1.82, 2.24) is 0 Å². The van der Waals surface area contributed by atoms with Gasteiger partial charge in [0.15, 0.2) is 0 Å². The maximum atomic E-state index is 6.07. The van der Waals surface area contributed by atoms with Crippen LogP contribution in [0.2, 0.25) is 5.02 Å². The normalized spacial score (nSPS) is 11.3. The molecule has 0 nitrogen and oxygen atoms in total. The molecule has 0 aliphatic rings. The molecule has 5 aromatic rings. The molecule has 0 amide bonds. The SMILES string of the molecule is Clc1ccc(-c2ccc(SC(c3ccccc3)(c3ccccc3)c3ccccc3)cc2)cc1. The zero-order chi connectivity index (χ0) is 22.5. The van der Waals surface area contributed by atoms with E-state index in [9.17, 15) is 0 Å². The van der Waals surface area contributed by atoms with E-state index in [4.69, 9.17) is 11.6 Å². The molecular weight excluding hydrogens is 440 g/mol. The van der Waals surface area contributed by atoms with Crippen molar-refractivity contribution < 1.29 is 0 Å². The smallest absolute Gasteiger partial charge is 0.0954 e. The third kappa shape index (κ3) is 4.48. The molecule has 0 heterocycles. The third-order valence-corrected chi connectivity index (χ3v) is 7.62. The van der Waals surface area contributed by atoms with Crippen LogP contribution < -0.4 is 0 Å². The van der Waals surface area contributed by atoms with Gasteiger partial charge in [0.25, 0.3) is 0 Å². The fourth-order valence-electron chi connectivity index (χ4n) is 4.23. The van der Waals surface area contributed by atoms with Crippen molar-refractivity contribution in [3.63, 3.8) is 0 Å². The Hall–Kier alpha value is -3.26. The van der Waals surface area contributed by atoms with Crippen molar-refractivity contribution in [2.45, 2.75) is 9.64 Å². The molecule has 160 valence electrons. The van der Waals surface area contributed by atoms with E-state index < -0.39 is 0 Å². The second-order valence-electron chi connectivity index (χ2n) is 7.91. The summed E-state index contributed by atoms with van der Waals surface area (Å²) in [6.45, 7) is 0. The fraction of sp³-hybridized carbons (Fsp3) is 0.0323. The molecule has 0 aromatic heterocycles. The third-order valence-electron chi connectivity index (χ3n) is 5.84. The van der Waals surface area contributed by atoms with E-state index >= 15 is 0 Å². The quantitative estimate of drug-likeness (QED) is 0.179. The van der Waals surface area contributed by atoms with E-state index in [1.165, 1.54) is 27.1 Å². The van der Waals surface area contributed by atoms with Crippen molar-refractivity contribution in [2.24, 2.45) is 0 Å². The van der Waals surface area contributed by atoms with Crippen molar-refractivity contribution in [1.29, 1.82) is 0 Å². The van der Waals surface area contributed by atoms with Crippen LogP contribution in [0.4, 0.5) is 0 Å². The minimum Gasteiger partial charge on any atom is -0.105 e. The van der Waals surface area contributed by atoms with Gasteiger partial charge in [0.1, 0.15) is 0 Å². The average molecular weight is 463 g/mol. The number of hydrogen-bond donors (Lipinski definition) is 0. The van der Waals surface area contributed by atoms with Crippen molar-refractivity contribution in [3.8, 4) is 11.1 Å². The summed E-state index contributed by atoms with van der Waals surface area (Å²) in [7, 11) is 0. The molecule has 5 aromatic carbocycles. The molecular formula is C31H23ClS. The van der Waals surface area contributed by atoms with Gasteiger partial charge in [-0.05, 0) is 52.1 Å². The standard InChI is InChI=1S/C31H23ClS/c32-29-20-16-24(17-21-29)25-18-22-30(23-19-25)33-31(26-10-4-1-5-11-26,27-12-6-2-7-13-27)28-14-8-3-9-15-28/h1-23H. The molecule has 0 radical (unpaired) electrons. The highest BCUT2D eigenvalue weighted by molar-refractivity contribution is 8.00. The molecule has 5 rings (SSSR count). The maximum absolute atomic E-state index is 6.07. The minimum absolute atomic E-state index is 0.369. The monoisotopic (exact) mass is 462 g/mol. The highest BCUT2D eigenvalue weighted by Crippen LogP contribution is 2.51. The van der Waals surface area contributed by atoms with Gasteiger partial charge < -0.3 is 0 Å². The number of halogens is 1. The predicted molar refractivity (Wildman–Crippen MR) is 142 cm³/mol. The Morgan fingerprint density at radius 2 is 0.788 bits per heavy atom. The second-order valence-corrected chi connectivity index (χ2v) is 9.64. The Morgan fingerprint density at radius 3 is 1.18 bits per heavy atom.